The molecule has 1 saturated heterocycles. The molecule has 1 aliphatic rings. The highest BCUT2D eigenvalue weighted by Gasteiger charge is 2.36. The number of amides is 1. The van der Waals surface area contributed by atoms with Gasteiger partial charge in [0.2, 0.25) is 5.91 Å². The van der Waals surface area contributed by atoms with E-state index in [1.807, 2.05) is 54.3 Å². The molecule has 0 aliphatic carbocycles. The van der Waals surface area contributed by atoms with E-state index < -0.39 is 0 Å². The SMILES string of the molecule is CCOc1ccccc1N1C[C@@H](c2nc3ccccc3n2CCCOc2c(C)cccc2C)CC1=O. The van der Waals surface area contributed by atoms with Crippen LogP contribution in [0.4, 0.5) is 5.69 Å². The molecule has 5 rings (SSSR count). The lowest BCUT2D eigenvalue weighted by Gasteiger charge is -2.20. The van der Waals surface area contributed by atoms with E-state index in [1.54, 1.807) is 0 Å². The number of carbonyl (C=O) groups excluding carboxylic acids is 1. The van der Waals surface area contributed by atoms with Crippen LogP contribution in [0, 0.1) is 13.8 Å². The fourth-order valence-corrected chi connectivity index (χ4v) is 5.14. The smallest absolute Gasteiger partial charge is 0.227 e. The van der Waals surface area contributed by atoms with Gasteiger partial charge in [0.25, 0.3) is 0 Å². The van der Waals surface area contributed by atoms with E-state index in [9.17, 15) is 4.79 Å². The van der Waals surface area contributed by atoms with Gasteiger partial charge in [-0.05, 0) is 62.6 Å². The number of imidazole rings is 1. The summed E-state index contributed by atoms with van der Waals surface area (Å²) in [7, 11) is 0. The average Bonchev–Trinajstić information content (AvgIpc) is 3.44. The maximum absolute atomic E-state index is 13.1. The standard InChI is InChI=1S/C30H33N3O3/c1-4-35-27-16-8-7-15-26(27)33-20-23(19-28(33)34)30-31-24-13-5-6-14-25(24)32(30)17-10-18-36-29-21(2)11-9-12-22(29)3/h5-9,11-16,23H,4,10,17-20H2,1-3H3/t23-/m0/s1. The van der Waals surface area contributed by atoms with Crippen LogP contribution in [-0.2, 0) is 11.3 Å². The summed E-state index contributed by atoms with van der Waals surface area (Å²) in [6.07, 6.45) is 1.28. The van der Waals surface area contributed by atoms with Crippen molar-refractivity contribution in [1.82, 2.24) is 9.55 Å². The van der Waals surface area contributed by atoms with Gasteiger partial charge in [0, 0.05) is 25.4 Å². The van der Waals surface area contributed by atoms with Crippen LogP contribution >= 0.6 is 0 Å². The van der Waals surface area contributed by atoms with Crippen LogP contribution in [0.1, 0.15) is 42.6 Å². The number of rotatable bonds is 9. The van der Waals surface area contributed by atoms with Gasteiger partial charge in [0.1, 0.15) is 17.3 Å². The van der Waals surface area contributed by atoms with Crippen molar-refractivity contribution in [3.8, 4) is 11.5 Å². The molecule has 6 nitrogen and oxygen atoms in total. The van der Waals surface area contributed by atoms with E-state index in [2.05, 4.69) is 42.7 Å². The highest BCUT2D eigenvalue weighted by Crippen LogP contribution is 2.37. The maximum atomic E-state index is 13.1. The summed E-state index contributed by atoms with van der Waals surface area (Å²) in [5.74, 6) is 2.79. The van der Waals surface area contributed by atoms with Gasteiger partial charge in [0.05, 0.1) is 29.9 Å². The number of aromatic nitrogens is 2. The first-order valence-corrected chi connectivity index (χ1v) is 12.7. The number of anilines is 1. The van der Waals surface area contributed by atoms with Gasteiger partial charge in [-0.3, -0.25) is 4.79 Å². The van der Waals surface area contributed by atoms with Gasteiger partial charge in [-0.1, -0.05) is 42.5 Å². The van der Waals surface area contributed by atoms with Gasteiger partial charge >= 0.3 is 0 Å². The summed E-state index contributed by atoms with van der Waals surface area (Å²) in [6.45, 7) is 8.66. The molecular formula is C30H33N3O3. The molecule has 0 radical (unpaired) electrons. The molecular weight excluding hydrogens is 450 g/mol. The molecule has 1 atom stereocenters. The van der Waals surface area contributed by atoms with Crippen LogP contribution in [0.2, 0.25) is 0 Å². The zero-order valence-electron chi connectivity index (χ0n) is 21.2. The van der Waals surface area contributed by atoms with Gasteiger partial charge < -0.3 is 18.9 Å². The Bertz CT molecular complexity index is 1360. The summed E-state index contributed by atoms with van der Waals surface area (Å²) in [4.78, 5) is 20.0. The molecule has 36 heavy (non-hydrogen) atoms. The van der Waals surface area contributed by atoms with Crippen LogP contribution < -0.4 is 14.4 Å². The number of nitrogens with zero attached hydrogens (tertiary/aromatic N) is 3. The second-order valence-electron chi connectivity index (χ2n) is 9.34. The fourth-order valence-electron chi connectivity index (χ4n) is 5.14. The Balaban J connectivity index is 1.36. The summed E-state index contributed by atoms with van der Waals surface area (Å²) in [5, 5.41) is 0. The Morgan fingerprint density at radius 2 is 1.69 bits per heavy atom. The Labute approximate surface area is 212 Å². The minimum atomic E-state index is 0.0131. The molecule has 1 aromatic heterocycles. The Morgan fingerprint density at radius 3 is 2.50 bits per heavy atom. The van der Waals surface area contributed by atoms with Gasteiger partial charge in [-0.25, -0.2) is 4.98 Å². The van der Waals surface area contributed by atoms with Gasteiger partial charge in [-0.15, -0.1) is 0 Å². The molecule has 0 saturated carbocycles. The number of ether oxygens (including phenoxy) is 2. The number of fused-ring (bicyclic) bond motifs is 1. The van der Waals surface area contributed by atoms with Gasteiger partial charge in [-0.2, -0.15) is 0 Å². The largest absolute Gasteiger partial charge is 0.493 e. The Hall–Kier alpha value is -3.80. The van der Waals surface area contributed by atoms with E-state index in [0.717, 1.165) is 58.1 Å². The topological polar surface area (TPSA) is 56.6 Å². The van der Waals surface area contributed by atoms with E-state index in [1.165, 1.54) is 0 Å². The van der Waals surface area contributed by atoms with Crippen molar-refractivity contribution < 1.29 is 14.3 Å². The number of para-hydroxylation sites is 5. The molecule has 0 unspecified atom stereocenters. The van der Waals surface area contributed by atoms with Crippen molar-refractivity contribution in [2.45, 2.75) is 46.1 Å². The predicted molar refractivity (Wildman–Crippen MR) is 143 cm³/mol. The third kappa shape index (κ3) is 4.68. The highest BCUT2D eigenvalue weighted by molar-refractivity contribution is 5.97. The molecule has 1 aliphatic heterocycles. The monoisotopic (exact) mass is 483 g/mol. The maximum Gasteiger partial charge on any atom is 0.227 e. The summed E-state index contributed by atoms with van der Waals surface area (Å²) < 4.78 is 14.2. The molecule has 1 amide bonds. The highest BCUT2D eigenvalue weighted by atomic mass is 16.5. The van der Waals surface area contributed by atoms with E-state index >= 15 is 0 Å². The normalized spacial score (nSPS) is 15.6. The second-order valence-corrected chi connectivity index (χ2v) is 9.34. The van der Waals surface area contributed by atoms with Crippen LogP contribution in [-0.4, -0.2) is 35.2 Å². The van der Waals surface area contributed by atoms with Crippen LogP contribution in [0.3, 0.4) is 0 Å². The summed E-state index contributed by atoms with van der Waals surface area (Å²) in [6, 6.07) is 22.2. The lowest BCUT2D eigenvalue weighted by molar-refractivity contribution is -0.117. The number of benzene rings is 3. The van der Waals surface area contributed by atoms with Crippen molar-refractivity contribution in [2.75, 3.05) is 24.7 Å². The van der Waals surface area contributed by atoms with Crippen molar-refractivity contribution in [3.63, 3.8) is 0 Å². The molecule has 0 bridgehead atoms. The molecule has 186 valence electrons. The second kappa shape index (κ2) is 10.4. The first kappa shape index (κ1) is 23.9. The summed E-state index contributed by atoms with van der Waals surface area (Å²) in [5.41, 5.74) is 5.20. The van der Waals surface area contributed by atoms with Gasteiger partial charge in [0.15, 0.2) is 0 Å². The van der Waals surface area contributed by atoms with E-state index in [-0.39, 0.29) is 11.8 Å². The lowest BCUT2D eigenvalue weighted by atomic mass is 10.1. The zero-order chi connectivity index (χ0) is 25.1. The zero-order valence-corrected chi connectivity index (χ0v) is 21.2. The Kier molecular flexibility index (Phi) is 6.94. The average molecular weight is 484 g/mol. The molecule has 0 N–H and O–H groups in total. The summed E-state index contributed by atoms with van der Waals surface area (Å²) >= 11 is 0. The van der Waals surface area contributed by atoms with Crippen LogP contribution in [0.15, 0.2) is 66.7 Å². The molecule has 6 heteroatoms. The molecule has 2 heterocycles. The predicted octanol–water partition coefficient (Wildman–Crippen LogP) is 6.04. The number of hydrogen-bond acceptors (Lipinski definition) is 4. The first-order chi connectivity index (χ1) is 17.6. The van der Waals surface area contributed by atoms with Crippen molar-refractivity contribution in [1.29, 1.82) is 0 Å². The third-order valence-corrected chi connectivity index (χ3v) is 6.81. The number of carbonyl (C=O) groups is 1. The molecule has 3 aromatic carbocycles. The van der Waals surface area contributed by atoms with E-state index in [4.69, 9.17) is 14.5 Å². The molecule has 4 aromatic rings. The van der Waals surface area contributed by atoms with Crippen LogP contribution in [0.5, 0.6) is 11.5 Å². The minimum Gasteiger partial charge on any atom is -0.493 e. The van der Waals surface area contributed by atoms with Crippen molar-refractivity contribution in [3.05, 3.63) is 83.7 Å². The van der Waals surface area contributed by atoms with Crippen molar-refractivity contribution in [2.24, 2.45) is 0 Å². The van der Waals surface area contributed by atoms with Crippen LogP contribution in [0.25, 0.3) is 11.0 Å². The molecule has 0 spiro atoms. The fraction of sp³-hybridized carbons (Fsp3) is 0.333. The minimum absolute atomic E-state index is 0.0131. The van der Waals surface area contributed by atoms with E-state index in [0.29, 0.717) is 26.2 Å². The first-order valence-electron chi connectivity index (χ1n) is 12.7. The lowest BCUT2D eigenvalue weighted by Crippen LogP contribution is -2.25. The Morgan fingerprint density at radius 1 is 0.944 bits per heavy atom. The molecule has 1 fully saturated rings. The quantitative estimate of drug-likeness (QED) is 0.272. The number of hydrogen-bond donors (Lipinski definition) is 0. The van der Waals surface area contributed by atoms with Crippen molar-refractivity contribution >= 4 is 22.6 Å². The third-order valence-electron chi connectivity index (χ3n) is 6.81. The number of aryl methyl sites for hydroxylation is 3.